The Morgan fingerprint density at radius 1 is 1.19 bits per heavy atom. The predicted molar refractivity (Wildman–Crippen MR) is 107 cm³/mol. The number of unbranched alkanes of at least 4 members (excludes halogenated alkanes) is 1. The van der Waals surface area contributed by atoms with Gasteiger partial charge in [0.25, 0.3) is 0 Å². The molecular weight excluding hydrogens is 326 g/mol. The van der Waals surface area contributed by atoms with Crippen molar-refractivity contribution >= 4 is 0 Å². The van der Waals surface area contributed by atoms with Crippen LogP contribution in [0, 0.1) is 5.92 Å². The van der Waals surface area contributed by atoms with Crippen LogP contribution in [0.1, 0.15) is 62.1 Å². The van der Waals surface area contributed by atoms with Gasteiger partial charge in [0.1, 0.15) is 0 Å². The maximum absolute atomic E-state index is 8.97. The second kappa shape index (κ2) is 11.7. The Labute approximate surface area is 159 Å². The van der Waals surface area contributed by atoms with Gasteiger partial charge in [0, 0.05) is 13.2 Å². The van der Waals surface area contributed by atoms with Crippen LogP contribution in [-0.2, 0) is 22.3 Å². The molecule has 0 fully saturated rings. The van der Waals surface area contributed by atoms with Crippen molar-refractivity contribution in [3.8, 4) is 0 Å². The molecule has 0 aliphatic heterocycles. The Balaban J connectivity index is 1.82. The van der Waals surface area contributed by atoms with E-state index in [1.54, 1.807) is 0 Å². The summed E-state index contributed by atoms with van der Waals surface area (Å²) < 4.78 is 11.6. The van der Waals surface area contributed by atoms with Gasteiger partial charge in [-0.25, -0.2) is 0 Å². The molecule has 3 N–H and O–H groups in total. The molecule has 0 aromatic heterocycles. The van der Waals surface area contributed by atoms with Crippen molar-refractivity contribution in [2.24, 2.45) is 11.7 Å². The van der Waals surface area contributed by atoms with Gasteiger partial charge in [-0.3, -0.25) is 0 Å². The molecule has 26 heavy (non-hydrogen) atoms. The summed E-state index contributed by atoms with van der Waals surface area (Å²) >= 11 is 0. The number of rotatable bonds is 12. The molecule has 0 heterocycles. The number of hydrogen-bond donors (Lipinski definition) is 2. The van der Waals surface area contributed by atoms with Crippen LogP contribution >= 0.6 is 0 Å². The van der Waals surface area contributed by atoms with Gasteiger partial charge in [-0.15, -0.1) is 0 Å². The SMILES string of the molecule is CC(C)COCCO[C@H]1CCc2cc([C@H](CN)CCCCO)ccc2C1. The van der Waals surface area contributed by atoms with E-state index < -0.39 is 0 Å². The minimum Gasteiger partial charge on any atom is -0.396 e. The first-order valence-electron chi connectivity index (χ1n) is 10.3. The minimum atomic E-state index is 0.269. The fraction of sp³-hybridized carbons (Fsp3) is 0.727. The van der Waals surface area contributed by atoms with Crippen LogP contribution in [0.25, 0.3) is 0 Å². The number of nitrogens with two attached hydrogens (primary N) is 1. The van der Waals surface area contributed by atoms with Crippen LogP contribution in [0.2, 0.25) is 0 Å². The second-order valence-corrected chi connectivity index (χ2v) is 7.88. The largest absolute Gasteiger partial charge is 0.396 e. The third kappa shape index (κ3) is 6.99. The normalized spacial score (nSPS) is 18.1. The number of aliphatic hydroxyl groups excluding tert-OH is 1. The van der Waals surface area contributed by atoms with Crippen LogP contribution in [-0.4, -0.2) is 44.2 Å². The lowest BCUT2D eigenvalue weighted by Crippen LogP contribution is -2.25. The van der Waals surface area contributed by atoms with E-state index >= 15 is 0 Å². The predicted octanol–water partition coefficient (Wildman–Crippen LogP) is 3.44. The molecule has 0 bridgehead atoms. The molecule has 2 rings (SSSR count). The topological polar surface area (TPSA) is 64.7 Å². The van der Waals surface area contributed by atoms with Crippen molar-refractivity contribution in [1.29, 1.82) is 0 Å². The molecule has 0 saturated carbocycles. The fourth-order valence-corrected chi connectivity index (χ4v) is 3.65. The van der Waals surface area contributed by atoms with Gasteiger partial charge >= 0.3 is 0 Å². The van der Waals surface area contributed by atoms with Gasteiger partial charge < -0.3 is 20.3 Å². The first-order chi connectivity index (χ1) is 12.6. The summed E-state index contributed by atoms with van der Waals surface area (Å²) in [6, 6.07) is 6.86. The van der Waals surface area contributed by atoms with Crippen molar-refractivity contribution in [3.63, 3.8) is 0 Å². The van der Waals surface area contributed by atoms with E-state index in [0.717, 1.165) is 45.1 Å². The molecule has 1 aliphatic rings. The number of aliphatic hydroxyl groups is 1. The van der Waals surface area contributed by atoms with E-state index in [0.29, 0.717) is 37.7 Å². The zero-order chi connectivity index (χ0) is 18.8. The first kappa shape index (κ1) is 21.4. The molecule has 1 aromatic rings. The van der Waals surface area contributed by atoms with Crippen LogP contribution in [0.4, 0.5) is 0 Å². The average molecular weight is 364 g/mol. The highest BCUT2D eigenvalue weighted by Gasteiger charge is 2.20. The fourth-order valence-electron chi connectivity index (χ4n) is 3.65. The van der Waals surface area contributed by atoms with Crippen molar-refractivity contribution in [3.05, 3.63) is 34.9 Å². The Kier molecular flexibility index (Phi) is 9.62. The number of aryl methyl sites for hydroxylation is 1. The Hall–Kier alpha value is -0.940. The molecule has 0 radical (unpaired) electrons. The standard InChI is InChI=1S/C22H37NO3/c1-17(2)16-25-11-12-26-22-9-8-18-13-19(6-7-20(18)14-22)21(15-23)5-3-4-10-24/h6-7,13,17,21-22,24H,3-5,8-12,14-16,23H2,1-2H3/t21-,22-/m0/s1. The third-order valence-electron chi connectivity index (χ3n) is 5.16. The molecule has 0 saturated heterocycles. The summed E-state index contributed by atoms with van der Waals surface area (Å²) in [5, 5.41) is 8.97. The zero-order valence-corrected chi connectivity index (χ0v) is 16.6. The van der Waals surface area contributed by atoms with Gasteiger partial charge in [0.15, 0.2) is 0 Å². The minimum absolute atomic E-state index is 0.269. The maximum Gasteiger partial charge on any atom is 0.0704 e. The molecule has 4 nitrogen and oxygen atoms in total. The smallest absolute Gasteiger partial charge is 0.0704 e. The van der Waals surface area contributed by atoms with Crippen molar-refractivity contribution in [2.45, 2.75) is 64.4 Å². The summed E-state index contributed by atoms with van der Waals surface area (Å²) in [6.45, 7) is 7.44. The first-order valence-corrected chi connectivity index (χ1v) is 10.3. The quantitative estimate of drug-likeness (QED) is 0.558. The van der Waals surface area contributed by atoms with Crippen molar-refractivity contribution in [1.82, 2.24) is 0 Å². The Bertz CT molecular complexity index is 518. The Morgan fingerprint density at radius 3 is 2.77 bits per heavy atom. The number of ether oxygens (including phenoxy) is 2. The lowest BCUT2D eigenvalue weighted by Gasteiger charge is -2.26. The zero-order valence-electron chi connectivity index (χ0n) is 16.6. The summed E-state index contributed by atoms with van der Waals surface area (Å²) in [6.07, 6.45) is 6.42. The van der Waals surface area contributed by atoms with Gasteiger partial charge in [-0.1, -0.05) is 38.5 Å². The van der Waals surface area contributed by atoms with Crippen LogP contribution in [0.15, 0.2) is 18.2 Å². The summed E-state index contributed by atoms with van der Waals surface area (Å²) in [5.74, 6) is 0.977. The van der Waals surface area contributed by atoms with E-state index in [-0.39, 0.29) is 6.61 Å². The molecule has 0 spiro atoms. The molecule has 0 amide bonds. The number of fused-ring (bicyclic) bond motifs is 1. The van der Waals surface area contributed by atoms with Gasteiger partial charge in [-0.05, 0) is 67.2 Å². The average Bonchev–Trinajstić information content (AvgIpc) is 2.64. The molecule has 2 atom stereocenters. The lowest BCUT2D eigenvalue weighted by atomic mass is 9.85. The number of benzene rings is 1. The summed E-state index contributed by atoms with van der Waals surface area (Å²) in [7, 11) is 0. The summed E-state index contributed by atoms with van der Waals surface area (Å²) in [5.41, 5.74) is 10.2. The van der Waals surface area contributed by atoms with E-state index in [9.17, 15) is 0 Å². The highest BCUT2D eigenvalue weighted by Crippen LogP contribution is 2.28. The lowest BCUT2D eigenvalue weighted by molar-refractivity contribution is -0.00542. The highest BCUT2D eigenvalue weighted by molar-refractivity contribution is 5.36. The van der Waals surface area contributed by atoms with Crippen LogP contribution in [0.3, 0.4) is 0 Å². The van der Waals surface area contributed by atoms with Crippen LogP contribution < -0.4 is 5.73 Å². The van der Waals surface area contributed by atoms with Gasteiger partial charge in [0.2, 0.25) is 0 Å². The Morgan fingerprint density at radius 2 is 2.04 bits per heavy atom. The maximum atomic E-state index is 8.97. The second-order valence-electron chi connectivity index (χ2n) is 7.88. The van der Waals surface area contributed by atoms with Gasteiger partial charge in [-0.2, -0.15) is 0 Å². The molecule has 0 unspecified atom stereocenters. The van der Waals surface area contributed by atoms with E-state index in [4.69, 9.17) is 20.3 Å². The molecule has 1 aromatic carbocycles. The van der Waals surface area contributed by atoms with Crippen LogP contribution in [0.5, 0.6) is 0 Å². The third-order valence-corrected chi connectivity index (χ3v) is 5.16. The van der Waals surface area contributed by atoms with Gasteiger partial charge in [0.05, 0.1) is 19.3 Å². The molecule has 1 aliphatic carbocycles. The van der Waals surface area contributed by atoms with Crippen molar-refractivity contribution < 1.29 is 14.6 Å². The molecular formula is C22H37NO3. The van der Waals surface area contributed by atoms with E-state index in [2.05, 4.69) is 32.0 Å². The molecule has 148 valence electrons. The van der Waals surface area contributed by atoms with E-state index in [1.807, 2.05) is 0 Å². The molecule has 4 heteroatoms. The van der Waals surface area contributed by atoms with Crippen molar-refractivity contribution in [2.75, 3.05) is 33.0 Å². The summed E-state index contributed by atoms with van der Waals surface area (Å²) in [4.78, 5) is 0. The number of hydrogen-bond acceptors (Lipinski definition) is 4. The highest BCUT2D eigenvalue weighted by atomic mass is 16.5. The van der Waals surface area contributed by atoms with E-state index in [1.165, 1.54) is 16.7 Å². The monoisotopic (exact) mass is 363 g/mol.